The lowest BCUT2D eigenvalue weighted by atomic mass is 10.0. The van der Waals surface area contributed by atoms with Crippen LogP contribution in [-0.2, 0) is 16.1 Å². The van der Waals surface area contributed by atoms with Gasteiger partial charge in [0.15, 0.2) is 6.10 Å². The van der Waals surface area contributed by atoms with Gasteiger partial charge in [-0.05, 0) is 31.0 Å². The molecule has 1 atom stereocenters. The minimum Gasteiger partial charge on any atom is -0.479 e. The molecule has 2 aromatic carbocycles. The Morgan fingerprint density at radius 2 is 1.86 bits per heavy atom. The van der Waals surface area contributed by atoms with Crippen LogP contribution in [0, 0.1) is 6.92 Å². The third-order valence-corrected chi connectivity index (χ3v) is 5.01. The van der Waals surface area contributed by atoms with Gasteiger partial charge in [0.25, 0.3) is 0 Å². The minimum atomic E-state index is -1.04. The van der Waals surface area contributed by atoms with Crippen LogP contribution in [0.15, 0.2) is 55.1 Å². The number of carbonyl (C=O) groups excluding carboxylic acids is 1. The van der Waals surface area contributed by atoms with Crippen LogP contribution in [-0.4, -0.2) is 27.7 Å². The number of benzene rings is 2. The van der Waals surface area contributed by atoms with Gasteiger partial charge in [-0.1, -0.05) is 49.9 Å². The lowest BCUT2D eigenvalue weighted by Crippen LogP contribution is -2.26. The molecule has 29 heavy (non-hydrogen) atoms. The normalized spacial score (nSPS) is 11.9. The maximum atomic E-state index is 11.9. The van der Waals surface area contributed by atoms with Crippen molar-refractivity contribution in [3.8, 4) is 5.75 Å². The molecule has 3 aromatic rings. The van der Waals surface area contributed by atoms with Gasteiger partial charge in [0, 0.05) is 23.4 Å². The largest absolute Gasteiger partial charge is 0.479 e. The smallest absolute Gasteiger partial charge is 0.344 e. The Hall–Kier alpha value is -3.54. The molecular formula is C23H24N2O4. The van der Waals surface area contributed by atoms with Gasteiger partial charge in [-0.15, -0.1) is 0 Å². The molecule has 6 nitrogen and oxygen atoms in total. The first-order valence-corrected chi connectivity index (χ1v) is 9.39. The molecule has 0 fully saturated rings. The average molecular weight is 392 g/mol. The molecule has 1 amide bonds. The van der Waals surface area contributed by atoms with E-state index in [0.29, 0.717) is 29.7 Å². The summed E-state index contributed by atoms with van der Waals surface area (Å²) in [4.78, 5) is 23.4. The van der Waals surface area contributed by atoms with Crippen molar-refractivity contribution in [2.75, 3.05) is 0 Å². The number of carbonyl (C=O) groups is 2. The van der Waals surface area contributed by atoms with Gasteiger partial charge in [0.05, 0.1) is 10.9 Å². The average Bonchev–Trinajstić information content (AvgIpc) is 2.98. The van der Waals surface area contributed by atoms with Gasteiger partial charge in [-0.3, -0.25) is 4.79 Å². The summed E-state index contributed by atoms with van der Waals surface area (Å²) < 4.78 is 7.88. The Morgan fingerprint density at radius 3 is 2.45 bits per heavy atom. The molecule has 6 heteroatoms. The summed E-state index contributed by atoms with van der Waals surface area (Å²) in [5.41, 5.74) is 9.00. The molecule has 0 bridgehead atoms. The maximum Gasteiger partial charge on any atom is 0.344 e. The number of carboxylic acid groups (broad SMARTS) is 1. The Balaban J connectivity index is 2.24. The zero-order chi connectivity index (χ0) is 21.1. The first-order chi connectivity index (χ1) is 13.8. The van der Waals surface area contributed by atoms with E-state index < -0.39 is 18.0 Å². The molecule has 1 heterocycles. The summed E-state index contributed by atoms with van der Waals surface area (Å²) >= 11 is 0. The third kappa shape index (κ3) is 3.87. The molecule has 1 aromatic heterocycles. The number of nitrogens with two attached hydrogens (primary N) is 1. The number of ether oxygens (including phenoxy) is 1. The Kier molecular flexibility index (Phi) is 5.73. The molecule has 0 aliphatic rings. The summed E-state index contributed by atoms with van der Waals surface area (Å²) in [6.07, 6.45) is -0.685. The van der Waals surface area contributed by atoms with Crippen molar-refractivity contribution >= 4 is 28.4 Å². The van der Waals surface area contributed by atoms with Gasteiger partial charge in [-0.25, -0.2) is 4.79 Å². The van der Waals surface area contributed by atoms with Gasteiger partial charge < -0.3 is 20.1 Å². The highest BCUT2D eigenvalue weighted by molar-refractivity contribution is 6.22. The SMILES string of the molecule is C=C(C(N)=O)c1c(C)n(Cc2ccccc2)c2cccc(OC(CC)C(=O)O)c12. The molecule has 1 unspecified atom stereocenters. The van der Waals surface area contributed by atoms with E-state index in [0.717, 1.165) is 16.8 Å². The maximum absolute atomic E-state index is 11.9. The molecule has 0 aliphatic carbocycles. The van der Waals surface area contributed by atoms with Crippen molar-refractivity contribution < 1.29 is 19.4 Å². The van der Waals surface area contributed by atoms with Crippen molar-refractivity contribution in [1.82, 2.24) is 4.57 Å². The Labute approximate surface area is 169 Å². The van der Waals surface area contributed by atoms with Crippen molar-refractivity contribution in [3.63, 3.8) is 0 Å². The molecule has 3 N–H and O–H groups in total. The minimum absolute atomic E-state index is 0.165. The fourth-order valence-corrected chi connectivity index (χ4v) is 3.51. The van der Waals surface area contributed by atoms with Crippen LogP contribution in [0.25, 0.3) is 16.5 Å². The van der Waals surface area contributed by atoms with E-state index in [2.05, 4.69) is 11.1 Å². The molecule has 3 rings (SSSR count). The van der Waals surface area contributed by atoms with E-state index in [1.54, 1.807) is 13.0 Å². The fourth-order valence-electron chi connectivity index (χ4n) is 3.51. The first-order valence-electron chi connectivity index (χ1n) is 9.39. The van der Waals surface area contributed by atoms with Gasteiger partial charge in [0.2, 0.25) is 5.91 Å². The molecule has 0 saturated heterocycles. The molecule has 0 radical (unpaired) electrons. The van der Waals surface area contributed by atoms with Crippen LogP contribution in [0.2, 0.25) is 0 Å². The zero-order valence-corrected chi connectivity index (χ0v) is 16.5. The fraction of sp³-hybridized carbons (Fsp3) is 0.217. The second kappa shape index (κ2) is 8.22. The number of amides is 1. The lowest BCUT2D eigenvalue weighted by molar-refractivity contribution is -0.145. The van der Waals surface area contributed by atoms with E-state index in [4.69, 9.17) is 10.5 Å². The van der Waals surface area contributed by atoms with Crippen molar-refractivity contribution in [2.45, 2.75) is 32.9 Å². The molecule has 0 saturated carbocycles. The zero-order valence-electron chi connectivity index (χ0n) is 16.5. The van der Waals surface area contributed by atoms with Gasteiger partial charge >= 0.3 is 5.97 Å². The van der Waals surface area contributed by atoms with Crippen molar-refractivity contribution in [2.24, 2.45) is 5.73 Å². The summed E-state index contributed by atoms with van der Waals surface area (Å²) in [5.74, 6) is -1.28. The van der Waals surface area contributed by atoms with E-state index >= 15 is 0 Å². The first kappa shape index (κ1) is 20.2. The third-order valence-electron chi connectivity index (χ3n) is 5.01. The van der Waals surface area contributed by atoms with Crippen LogP contribution in [0.5, 0.6) is 5.75 Å². The Morgan fingerprint density at radius 1 is 1.17 bits per heavy atom. The topological polar surface area (TPSA) is 94.5 Å². The predicted molar refractivity (Wildman–Crippen MR) is 113 cm³/mol. The molecular weight excluding hydrogens is 368 g/mol. The Bertz CT molecular complexity index is 1080. The predicted octanol–water partition coefficient (Wildman–Crippen LogP) is 3.74. The summed E-state index contributed by atoms with van der Waals surface area (Å²) in [5, 5.41) is 10.0. The highest BCUT2D eigenvalue weighted by atomic mass is 16.5. The second-order valence-electron chi connectivity index (χ2n) is 6.88. The van der Waals surface area contributed by atoms with Crippen molar-refractivity contribution in [3.05, 3.63) is 71.9 Å². The summed E-state index contributed by atoms with van der Waals surface area (Å²) in [7, 11) is 0. The standard InChI is InChI=1S/C23H24N2O4/c1-4-18(23(27)28)29-19-12-8-11-17-21(19)20(14(2)22(24)26)15(3)25(17)13-16-9-6-5-7-10-16/h5-12,18H,2,4,13H2,1,3H3,(H2,24,26)(H,27,28). The van der Waals surface area contributed by atoms with Crippen LogP contribution < -0.4 is 10.5 Å². The van der Waals surface area contributed by atoms with Crippen LogP contribution in [0.3, 0.4) is 0 Å². The number of primary amides is 1. The van der Waals surface area contributed by atoms with Gasteiger partial charge in [-0.2, -0.15) is 0 Å². The lowest BCUT2D eigenvalue weighted by Gasteiger charge is -2.15. The van der Waals surface area contributed by atoms with Crippen LogP contribution in [0.4, 0.5) is 0 Å². The van der Waals surface area contributed by atoms with Crippen LogP contribution in [0.1, 0.15) is 30.2 Å². The summed E-state index contributed by atoms with van der Waals surface area (Å²) in [6, 6.07) is 15.4. The number of hydrogen-bond acceptors (Lipinski definition) is 3. The molecule has 0 aliphatic heterocycles. The number of rotatable bonds is 8. The number of carboxylic acids is 1. The van der Waals surface area contributed by atoms with E-state index in [1.165, 1.54) is 0 Å². The number of fused-ring (bicyclic) bond motifs is 1. The highest BCUT2D eigenvalue weighted by Crippen LogP contribution is 2.38. The number of aliphatic carboxylic acids is 1. The van der Waals surface area contributed by atoms with E-state index in [1.807, 2.05) is 49.4 Å². The van der Waals surface area contributed by atoms with Gasteiger partial charge in [0.1, 0.15) is 5.75 Å². The molecule has 0 spiro atoms. The molecule has 150 valence electrons. The number of aromatic nitrogens is 1. The summed E-state index contributed by atoms with van der Waals surface area (Å²) in [6.45, 7) is 8.09. The van der Waals surface area contributed by atoms with E-state index in [-0.39, 0.29) is 5.57 Å². The van der Waals surface area contributed by atoms with E-state index in [9.17, 15) is 14.7 Å². The van der Waals surface area contributed by atoms with Crippen LogP contribution >= 0.6 is 0 Å². The number of nitrogens with zero attached hydrogens (tertiary/aromatic N) is 1. The monoisotopic (exact) mass is 392 g/mol. The highest BCUT2D eigenvalue weighted by Gasteiger charge is 2.25. The number of hydrogen-bond donors (Lipinski definition) is 2. The second-order valence-corrected chi connectivity index (χ2v) is 6.88. The quantitative estimate of drug-likeness (QED) is 0.571. The van der Waals surface area contributed by atoms with Crippen molar-refractivity contribution in [1.29, 1.82) is 0 Å².